The van der Waals surface area contributed by atoms with Crippen LogP contribution in [0, 0.1) is 11.8 Å². The van der Waals surface area contributed by atoms with Gasteiger partial charge in [0.25, 0.3) is 0 Å². The molecule has 1 rings (SSSR count). The molecule has 1 heteroatoms. The maximum absolute atomic E-state index is 5.88. The van der Waals surface area contributed by atoms with Gasteiger partial charge >= 0.3 is 0 Å². The molecule has 2 N–H and O–H groups in total. The monoisotopic (exact) mass is 127 g/mol. The van der Waals surface area contributed by atoms with Crippen molar-refractivity contribution >= 4 is 0 Å². The molecule has 9 heavy (non-hydrogen) atoms. The molecule has 0 aromatic rings. The van der Waals surface area contributed by atoms with E-state index in [-0.39, 0.29) is 0 Å². The Hall–Kier alpha value is -0.0400. The molecule has 1 nitrogen and oxygen atoms in total. The second kappa shape index (κ2) is 2.70. The summed E-state index contributed by atoms with van der Waals surface area (Å²) < 4.78 is 0. The predicted octanol–water partition coefficient (Wildman–Crippen LogP) is 1.77. The molecule has 0 aromatic heterocycles. The summed E-state index contributed by atoms with van der Waals surface area (Å²) in [5.41, 5.74) is 5.88. The summed E-state index contributed by atoms with van der Waals surface area (Å²) in [4.78, 5) is 0. The van der Waals surface area contributed by atoms with Crippen LogP contribution in [0.1, 0.15) is 33.1 Å². The van der Waals surface area contributed by atoms with E-state index in [1.54, 1.807) is 0 Å². The largest absolute Gasteiger partial charge is 0.327 e. The normalized spacial score (nSPS) is 36.0. The van der Waals surface area contributed by atoms with Crippen molar-refractivity contribution in [3.63, 3.8) is 0 Å². The Morgan fingerprint density at radius 2 is 2.00 bits per heavy atom. The highest BCUT2D eigenvalue weighted by Gasteiger charge is 2.25. The number of hydrogen-bond donors (Lipinski definition) is 1. The lowest BCUT2D eigenvalue weighted by Crippen LogP contribution is -2.27. The molecule has 1 saturated carbocycles. The quantitative estimate of drug-likeness (QED) is 0.570. The zero-order valence-electron chi connectivity index (χ0n) is 6.43. The fourth-order valence-corrected chi connectivity index (χ4v) is 1.85. The summed E-state index contributed by atoms with van der Waals surface area (Å²) in [7, 11) is 0. The molecular formula is C8H17N. The van der Waals surface area contributed by atoms with Gasteiger partial charge in [-0.25, -0.2) is 0 Å². The standard InChI is InChI=1S/C8H17N/c1-6(2)7-4-3-5-8(7)9/h6-8H,3-5,9H2,1-2H3/t7-,8-/m0/s1. The van der Waals surface area contributed by atoms with E-state index in [9.17, 15) is 0 Å². The zero-order valence-corrected chi connectivity index (χ0v) is 6.43. The predicted molar refractivity (Wildman–Crippen MR) is 40.2 cm³/mol. The summed E-state index contributed by atoms with van der Waals surface area (Å²) >= 11 is 0. The van der Waals surface area contributed by atoms with Crippen LogP contribution in [-0.2, 0) is 0 Å². The van der Waals surface area contributed by atoms with Gasteiger partial charge < -0.3 is 5.73 Å². The van der Waals surface area contributed by atoms with Crippen molar-refractivity contribution in [2.75, 3.05) is 0 Å². The van der Waals surface area contributed by atoms with Crippen LogP contribution in [0.3, 0.4) is 0 Å². The van der Waals surface area contributed by atoms with Crippen molar-refractivity contribution in [1.29, 1.82) is 0 Å². The van der Waals surface area contributed by atoms with Gasteiger partial charge in [0, 0.05) is 6.04 Å². The van der Waals surface area contributed by atoms with E-state index < -0.39 is 0 Å². The molecule has 0 aliphatic heterocycles. The van der Waals surface area contributed by atoms with Crippen molar-refractivity contribution in [2.45, 2.75) is 39.2 Å². The van der Waals surface area contributed by atoms with E-state index in [2.05, 4.69) is 13.8 Å². The highest BCUT2D eigenvalue weighted by molar-refractivity contribution is 4.81. The van der Waals surface area contributed by atoms with Gasteiger partial charge in [-0.05, 0) is 24.7 Å². The van der Waals surface area contributed by atoms with Gasteiger partial charge in [0.05, 0.1) is 0 Å². The molecule has 54 valence electrons. The highest BCUT2D eigenvalue weighted by Crippen LogP contribution is 2.29. The third-order valence-electron chi connectivity index (χ3n) is 2.48. The average Bonchev–Trinajstić information content (AvgIpc) is 2.13. The summed E-state index contributed by atoms with van der Waals surface area (Å²) in [6, 6.07) is 0.505. The molecule has 0 aromatic carbocycles. The Kier molecular flexibility index (Phi) is 2.12. The van der Waals surface area contributed by atoms with Gasteiger partial charge in [-0.15, -0.1) is 0 Å². The maximum Gasteiger partial charge on any atom is 0.00696 e. The molecule has 1 aliphatic carbocycles. The Labute approximate surface area is 57.6 Å². The van der Waals surface area contributed by atoms with Crippen LogP contribution in [-0.4, -0.2) is 6.04 Å². The number of hydrogen-bond acceptors (Lipinski definition) is 1. The molecule has 0 amide bonds. The van der Waals surface area contributed by atoms with Crippen LogP contribution in [0.5, 0.6) is 0 Å². The summed E-state index contributed by atoms with van der Waals surface area (Å²) in [6.45, 7) is 4.55. The summed E-state index contributed by atoms with van der Waals surface area (Å²) in [6.07, 6.45) is 3.96. The molecular weight excluding hydrogens is 110 g/mol. The lowest BCUT2D eigenvalue weighted by atomic mass is 9.92. The van der Waals surface area contributed by atoms with Gasteiger partial charge in [-0.2, -0.15) is 0 Å². The van der Waals surface area contributed by atoms with E-state index in [1.165, 1.54) is 19.3 Å². The van der Waals surface area contributed by atoms with Crippen LogP contribution in [0.25, 0.3) is 0 Å². The lowest BCUT2D eigenvalue weighted by Gasteiger charge is -2.18. The Morgan fingerprint density at radius 1 is 1.33 bits per heavy atom. The van der Waals surface area contributed by atoms with Gasteiger partial charge in [0.15, 0.2) is 0 Å². The van der Waals surface area contributed by atoms with Crippen molar-refractivity contribution < 1.29 is 0 Å². The molecule has 2 atom stereocenters. The summed E-state index contributed by atoms with van der Waals surface area (Å²) in [5.74, 6) is 1.60. The van der Waals surface area contributed by atoms with E-state index in [4.69, 9.17) is 5.73 Å². The average molecular weight is 127 g/mol. The van der Waals surface area contributed by atoms with E-state index in [0.717, 1.165) is 11.8 Å². The van der Waals surface area contributed by atoms with Crippen LogP contribution < -0.4 is 5.73 Å². The first kappa shape index (κ1) is 7.07. The van der Waals surface area contributed by atoms with Gasteiger partial charge in [-0.1, -0.05) is 20.3 Å². The molecule has 0 radical (unpaired) electrons. The molecule has 1 fully saturated rings. The minimum atomic E-state index is 0.505. The highest BCUT2D eigenvalue weighted by atomic mass is 14.7. The fraction of sp³-hybridized carbons (Fsp3) is 1.00. The third kappa shape index (κ3) is 1.45. The Morgan fingerprint density at radius 3 is 2.22 bits per heavy atom. The minimum Gasteiger partial charge on any atom is -0.327 e. The molecule has 0 unspecified atom stereocenters. The first-order chi connectivity index (χ1) is 4.22. The van der Waals surface area contributed by atoms with Crippen LogP contribution in [0.4, 0.5) is 0 Å². The fourth-order valence-electron chi connectivity index (χ4n) is 1.85. The SMILES string of the molecule is CC(C)[C@@H]1CCC[C@@H]1N. The first-order valence-corrected chi connectivity index (χ1v) is 3.97. The van der Waals surface area contributed by atoms with E-state index in [0.29, 0.717) is 6.04 Å². The topological polar surface area (TPSA) is 26.0 Å². The second-order valence-corrected chi connectivity index (χ2v) is 3.50. The van der Waals surface area contributed by atoms with Gasteiger partial charge in [-0.3, -0.25) is 0 Å². The molecule has 0 heterocycles. The first-order valence-electron chi connectivity index (χ1n) is 3.97. The molecule has 0 spiro atoms. The molecule has 0 saturated heterocycles. The van der Waals surface area contributed by atoms with Crippen molar-refractivity contribution in [3.05, 3.63) is 0 Å². The third-order valence-corrected chi connectivity index (χ3v) is 2.48. The lowest BCUT2D eigenvalue weighted by molar-refractivity contribution is 0.357. The zero-order chi connectivity index (χ0) is 6.85. The maximum atomic E-state index is 5.88. The molecule has 0 bridgehead atoms. The van der Waals surface area contributed by atoms with Crippen molar-refractivity contribution in [2.24, 2.45) is 17.6 Å². The Bertz CT molecular complexity index is 88.6. The smallest absolute Gasteiger partial charge is 0.00696 e. The van der Waals surface area contributed by atoms with E-state index >= 15 is 0 Å². The van der Waals surface area contributed by atoms with E-state index in [1.807, 2.05) is 0 Å². The second-order valence-electron chi connectivity index (χ2n) is 3.50. The van der Waals surface area contributed by atoms with Crippen LogP contribution in [0.15, 0.2) is 0 Å². The van der Waals surface area contributed by atoms with Gasteiger partial charge in [0.2, 0.25) is 0 Å². The molecule has 1 aliphatic rings. The van der Waals surface area contributed by atoms with Gasteiger partial charge in [0.1, 0.15) is 0 Å². The Balaban J connectivity index is 2.40. The van der Waals surface area contributed by atoms with Crippen molar-refractivity contribution in [3.8, 4) is 0 Å². The van der Waals surface area contributed by atoms with Crippen LogP contribution >= 0.6 is 0 Å². The number of rotatable bonds is 1. The van der Waals surface area contributed by atoms with Crippen molar-refractivity contribution in [1.82, 2.24) is 0 Å². The van der Waals surface area contributed by atoms with Crippen LogP contribution in [0.2, 0.25) is 0 Å². The minimum absolute atomic E-state index is 0.505. The summed E-state index contributed by atoms with van der Waals surface area (Å²) in [5, 5.41) is 0. The number of nitrogens with two attached hydrogens (primary N) is 1.